The monoisotopic (exact) mass is 528 g/mol. The van der Waals surface area contributed by atoms with Gasteiger partial charge in [-0.15, -0.1) is 0 Å². The Bertz CT molecular complexity index is 1300. The van der Waals surface area contributed by atoms with Crippen molar-refractivity contribution in [3.63, 3.8) is 0 Å². The van der Waals surface area contributed by atoms with Crippen LogP contribution in [0.15, 0.2) is 62.7 Å². The number of Topliss-reactive ketones (excluding diaryl/α,β-unsaturated/α-hetero) is 1. The van der Waals surface area contributed by atoms with Crippen LogP contribution < -0.4 is 9.47 Å². The van der Waals surface area contributed by atoms with E-state index >= 15 is 0 Å². The maximum Gasteiger partial charge on any atom is 0.290 e. The average Bonchev–Trinajstić information content (AvgIpc) is 3.35. The van der Waals surface area contributed by atoms with Crippen LogP contribution in [0.4, 0.5) is 0 Å². The molecule has 34 heavy (non-hydrogen) atoms. The van der Waals surface area contributed by atoms with Crippen LogP contribution >= 0.6 is 15.9 Å². The fourth-order valence-electron chi connectivity index (χ4n) is 4.05. The van der Waals surface area contributed by atoms with Crippen molar-refractivity contribution in [1.29, 1.82) is 0 Å². The number of halogens is 1. The van der Waals surface area contributed by atoms with Crippen molar-refractivity contribution >= 4 is 38.6 Å². The molecule has 0 spiro atoms. The zero-order valence-electron chi connectivity index (χ0n) is 19.3. The molecule has 0 bridgehead atoms. The molecule has 0 saturated heterocycles. The molecule has 0 aliphatic carbocycles. The van der Waals surface area contributed by atoms with E-state index in [4.69, 9.17) is 13.9 Å². The lowest BCUT2D eigenvalue weighted by Gasteiger charge is -2.28. The van der Waals surface area contributed by atoms with Crippen molar-refractivity contribution in [3.8, 4) is 11.5 Å². The fraction of sp³-hybridized carbons (Fsp3) is 0.280. The predicted octanol–water partition coefficient (Wildman–Crippen LogP) is 4.35. The molecule has 1 amide bonds. The molecular formula is C25H25BrN2O6. The molecule has 0 radical (unpaired) electrons. The van der Waals surface area contributed by atoms with Crippen LogP contribution in [0, 0.1) is 0 Å². The number of hydrogen-bond donors (Lipinski definition) is 1. The summed E-state index contributed by atoms with van der Waals surface area (Å²) in [4.78, 5) is 30.1. The second-order valence-corrected chi connectivity index (χ2v) is 9.12. The number of fused-ring (bicyclic) bond motifs is 1. The van der Waals surface area contributed by atoms with Crippen LogP contribution in [-0.4, -0.2) is 68.0 Å². The summed E-state index contributed by atoms with van der Waals surface area (Å²) >= 11 is 3.41. The molecule has 1 N–H and O–H groups in total. The summed E-state index contributed by atoms with van der Waals surface area (Å²) in [6.07, 6.45) is 0. The number of amides is 1. The summed E-state index contributed by atoms with van der Waals surface area (Å²) in [5.74, 6) is -0.729. The predicted molar refractivity (Wildman–Crippen MR) is 130 cm³/mol. The molecule has 1 atom stereocenters. The summed E-state index contributed by atoms with van der Waals surface area (Å²) in [5, 5.41) is 11.6. The van der Waals surface area contributed by atoms with Crippen LogP contribution in [0.1, 0.15) is 22.2 Å². The molecule has 8 nitrogen and oxygen atoms in total. The highest BCUT2D eigenvalue weighted by Crippen LogP contribution is 2.42. The van der Waals surface area contributed by atoms with Crippen molar-refractivity contribution in [2.75, 3.05) is 41.4 Å². The molecule has 1 aromatic heterocycles. The van der Waals surface area contributed by atoms with Crippen LogP contribution in [0.25, 0.3) is 11.0 Å². The third-order valence-electron chi connectivity index (χ3n) is 5.76. The van der Waals surface area contributed by atoms with Gasteiger partial charge in [0.1, 0.15) is 5.58 Å². The number of ketones is 1. The van der Waals surface area contributed by atoms with Crippen molar-refractivity contribution in [2.24, 2.45) is 0 Å². The summed E-state index contributed by atoms with van der Waals surface area (Å²) in [6, 6.07) is 11.4. The fourth-order valence-corrected chi connectivity index (χ4v) is 4.43. The van der Waals surface area contributed by atoms with E-state index in [2.05, 4.69) is 15.9 Å². The zero-order chi connectivity index (χ0) is 24.6. The average molecular weight is 529 g/mol. The Morgan fingerprint density at radius 3 is 2.53 bits per heavy atom. The number of methoxy groups -OCH3 is 2. The Labute approximate surface area is 205 Å². The first-order chi connectivity index (χ1) is 16.2. The molecule has 2 aromatic carbocycles. The van der Waals surface area contributed by atoms with Gasteiger partial charge in [-0.3, -0.25) is 9.59 Å². The molecule has 0 fully saturated rings. The van der Waals surface area contributed by atoms with Gasteiger partial charge in [0.25, 0.3) is 5.91 Å². The molecule has 3 aromatic rings. The van der Waals surface area contributed by atoms with Gasteiger partial charge in [0.2, 0.25) is 5.78 Å². The molecule has 9 heteroatoms. The standard InChI is InChI=1S/C25H25BrN2O6/c1-27(2)9-10-28-22(14-5-7-18(32-3)19(12-14)33-4)21(24(30)25(28)31)23(29)20-13-15-11-16(26)6-8-17(15)34-20/h5-8,11-13,22,30H,9-10H2,1-4H3. The van der Waals surface area contributed by atoms with Gasteiger partial charge < -0.3 is 28.8 Å². The highest BCUT2D eigenvalue weighted by Gasteiger charge is 2.44. The number of likely N-dealkylation sites (N-methyl/N-ethyl adjacent to an activating group) is 1. The molecule has 1 unspecified atom stereocenters. The van der Waals surface area contributed by atoms with Crippen molar-refractivity contribution in [1.82, 2.24) is 9.80 Å². The first-order valence-electron chi connectivity index (χ1n) is 10.6. The van der Waals surface area contributed by atoms with E-state index in [9.17, 15) is 14.7 Å². The Balaban J connectivity index is 1.82. The smallest absolute Gasteiger partial charge is 0.290 e. The Hall–Kier alpha value is -3.30. The van der Waals surface area contributed by atoms with Gasteiger partial charge in [-0.1, -0.05) is 22.0 Å². The molecular weight excluding hydrogens is 504 g/mol. The van der Waals surface area contributed by atoms with Crippen LogP contribution in [0.2, 0.25) is 0 Å². The SMILES string of the molecule is COc1ccc(C2C(C(=O)c3cc4cc(Br)ccc4o3)=C(O)C(=O)N2CCN(C)C)cc1OC. The molecule has 1 aliphatic heterocycles. The van der Waals surface area contributed by atoms with Crippen LogP contribution in [0.5, 0.6) is 11.5 Å². The van der Waals surface area contributed by atoms with Gasteiger partial charge >= 0.3 is 0 Å². The van der Waals surface area contributed by atoms with E-state index in [1.165, 1.54) is 19.1 Å². The number of rotatable bonds is 8. The van der Waals surface area contributed by atoms with E-state index in [1.807, 2.05) is 31.1 Å². The minimum absolute atomic E-state index is 0.0332. The quantitative estimate of drug-likeness (QED) is 0.434. The maximum atomic E-state index is 13.6. The van der Waals surface area contributed by atoms with Crippen molar-refractivity contribution in [3.05, 3.63) is 69.6 Å². The molecule has 2 heterocycles. The number of aliphatic hydroxyl groups excluding tert-OH is 1. The van der Waals surface area contributed by atoms with Crippen LogP contribution in [0.3, 0.4) is 0 Å². The van der Waals surface area contributed by atoms with Gasteiger partial charge in [-0.05, 0) is 56.1 Å². The number of carbonyl (C=O) groups excluding carboxylic acids is 2. The number of hydrogen-bond acceptors (Lipinski definition) is 7. The summed E-state index contributed by atoms with van der Waals surface area (Å²) in [7, 11) is 6.81. The lowest BCUT2D eigenvalue weighted by molar-refractivity contribution is -0.129. The minimum atomic E-state index is -0.820. The Morgan fingerprint density at radius 2 is 1.85 bits per heavy atom. The summed E-state index contributed by atoms with van der Waals surface area (Å²) < 4.78 is 17.4. The van der Waals surface area contributed by atoms with E-state index in [0.717, 1.165) is 9.86 Å². The third kappa shape index (κ3) is 4.28. The second-order valence-electron chi connectivity index (χ2n) is 8.20. The summed E-state index contributed by atoms with van der Waals surface area (Å²) in [5.41, 5.74) is 1.10. The van der Waals surface area contributed by atoms with Gasteiger partial charge in [-0.2, -0.15) is 0 Å². The highest BCUT2D eigenvalue weighted by atomic mass is 79.9. The molecule has 4 rings (SSSR count). The zero-order valence-corrected chi connectivity index (χ0v) is 20.9. The van der Waals surface area contributed by atoms with Crippen LogP contribution in [-0.2, 0) is 4.79 Å². The van der Waals surface area contributed by atoms with E-state index in [0.29, 0.717) is 35.7 Å². The maximum absolute atomic E-state index is 13.6. The largest absolute Gasteiger partial charge is 0.503 e. The normalized spacial score (nSPS) is 16.1. The first-order valence-corrected chi connectivity index (χ1v) is 11.4. The van der Waals surface area contributed by atoms with Gasteiger partial charge in [-0.25, -0.2) is 0 Å². The van der Waals surface area contributed by atoms with E-state index in [-0.39, 0.29) is 11.3 Å². The van der Waals surface area contributed by atoms with E-state index in [1.54, 1.807) is 30.3 Å². The van der Waals surface area contributed by atoms with Gasteiger partial charge in [0.05, 0.1) is 25.8 Å². The van der Waals surface area contributed by atoms with Crippen molar-refractivity contribution < 1.29 is 28.6 Å². The number of nitrogens with zero attached hydrogens (tertiary/aromatic N) is 2. The number of furan rings is 1. The Morgan fingerprint density at radius 1 is 1.12 bits per heavy atom. The molecule has 178 valence electrons. The topological polar surface area (TPSA) is 92.5 Å². The Kier molecular flexibility index (Phi) is 6.67. The number of carbonyl (C=O) groups is 2. The lowest BCUT2D eigenvalue weighted by atomic mass is 9.94. The minimum Gasteiger partial charge on any atom is -0.503 e. The lowest BCUT2D eigenvalue weighted by Crippen LogP contribution is -2.36. The second kappa shape index (κ2) is 9.52. The van der Waals surface area contributed by atoms with Gasteiger partial charge in [0.15, 0.2) is 23.0 Å². The first kappa shape index (κ1) is 23.8. The number of benzene rings is 2. The summed E-state index contributed by atoms with van der Waals surface area (Å²) in [6.45, 7) is 0.849. The van der Waals surface area contributed by atoms with Crippen molar-refractivity contribution in [2.45, 2.75) is 6.04 Å². The highest BCUT2D eigenvalue weighted by molar-refractivity contribution is 9.10. The van der Waals surface area contributed by atoms with Gasteiger partial charge in [0, 0.05) is 22.9 Å². The van der Waals surface area contributed by atoms with E-state index < -0.39 is 23.5 Å². The third-order valence-corrected chi connectivity index (χ3v) is 6.26. The molecule has 1 aliphatic rings. The number of ether oxygens (including phenoxy) is 2. The number of aliphatic hydroxyl groups is 1. The molecule has 0 saturated carbocycles.